The third kappa shape index (κ3) is 5.13. The van der Waals surface area contributed by atoms with Crippen molar-refractivity contribution in [1.29, 1.82) is 0 Å². The maximum absolute atomic E-state index is 12.7. The van der Waals surface area contributed by atoms with E-state index in [4.69, 9.17) is 0 Å². The van der Waals surface area contributed by atoms with Crippen molar-refractivity contribution >= 4 is 5.69 Å². The van der Waals surface area contributed by atoms with Crippen LogP contribution >= 0.6 is 0 Å². The van der Waals surface area contributed by atoms with Gasteiger partial charge in [-0.25, -0.2) is 0 Å². The molecule has 0 saturated carbocycles. The molecule has 4 heteroatoms. The molecule has 0 fully saturated rings. The zero-order chi connectivity index (χ0) is 14.3. The highest BCUT2D eigenvalue weighted by molar-refractivity contribution is 5.49. The first-order valence-corrected chi connectivity index (χ1v) is 6.91. The van der Waals surface area contributed by atoms with Gasteiger partial charge in [-0.1, -0.05) is 32.8 Å². The van der Waals surface area contributed by atoms with Crippen LogP contribution in [0.2, 0.25) is 0 Å². The Hall–Kier alpha value is -1.19. The Balaban J connectivity index is 2.88. The molecule has 0 atom stereocenters. The van der Waals surface area contributed by atoms with E-state index in [-0.39, 0.29) is 0 Å². The molecule has 0 heterocycles. The summed E-state index contributed by atoms with van der Waals surface area (Å²) in [4.78, 5) is 2.06. The second-order valence-electron chi connectivity index (χ2n) is 4.74. The van der Waals surface area contributed by atoms with E-state index in [0.717, 1.165) is 44.8 Å². The molecule has 0 unspecified atom stereocenters. The van der Waals surface area contributed by atoms with Gasteiger partial charge in [0.1, 0.15) is 0 Å². The Morgan fingerprint density at radius 2 is 1.58 bits per heavy atom. The molecule has 1 aromatic rings. The molecule has 0 saturated heterocycles. The van der Waals surface area contributed by atoms with Gasteiger partial charge in [0.15, 0.2) is 0 Å². The number of hydrogen-bond acceptors (Lipinski definition) is 1. The summed E-state index contributed by atoms with van der Waals surface area (Å²) < 4.78 is 38.2. The first-order valence-electron chi connectivity index (χ1n) is 6.91. The van der Waals surface area contributed by atoms with E-state index in [1.165, 1.54) is 12.1 Å². The van der Waals surface area contributed by atoms with Crippen molar-refractivity contribution < 1.29 is 13.2 Å². The van der Waals surface area contributed by atoms with E-state index >= 15 is 0 Å². The van der Waals surface area contributed by atoms with Crippen LogP contribution in [0.3, 0.4) is 0 Å². The van der Waals surface area contributed by atoms with Crippen LogP contribution in [0.25, 0.3) is 0 Å². The van der Waals surface area contributed by atoms with E-state index in [9.17, 15) is 13.2 Å². The number of benzene rings is 1. The van der Waals surface area contributed by atoms with Crippen molar-refractivity contribution in [1.82, 2.24) is 0 Å². The van der Waals surface area contributed by atoms with Gasteiger partial charge in [-0.3, -0.25) is 0 Å². The van der Waals surface area contributed by atoms with Gasteiger partial charge in [-0.2, -0.15) is 13.2 Å². The van der Waals surface area contributed by atoms with Crippen molar-refractivity contribution in [2.24, 2.45) is 0 Å². The first kappa shape index (κ1) is 15.9. The van der Waals surface area contributed by atoms with Gasteiger partial charge in [0, 0.05) is 18.8 Å². The fraction of sp³-hybridized carbons (Fsp3) is 0.600. The predicted octanol–water partition coefficient (Wildman–Crippen LogP) is 5.11. The summed E-state index contributed by atoms with van der Waals surface area (Å²) >= 11 is 0. The smallest absolute Gasteiger partial charge is 0.372 e. The molecule has 0 bridgehead atoms. The first-order chi connectivity index (χ1) is 8.99. The van der Waals surface area contributed by atoms with E-state index in [0.29, 0.717) is 5.69 Å². The monoisotopic (exact) mass is 273 g/mol. The lowest BCUT2D eigenvalue weighted by atomic mass is 10.1. The highest BCUT2D eigenvalue weighted by Crippen LogP contribution is 2.31. The highest BCUT2D eigenvalue weighted by Gasteiger charge is 2.30. The summed E-state index contributed by atoms with van der Waals surface area (Å²) in [5, 5.41) is 0. The quantitative estimate of drug-likeness (QED) is 0.667. The molecule has 0 aliphatic heterocycles. The second kappa shape index (κ2) is 7.41. The molecule has 0 aliphatic carbocycles. The lowest BCUT2D eigenvalue weighted by Gasteiger charge is -2.25. The van der Waals surface area contributed by atoms with E-state index in [2.05, 4.69) is 18.7 Å². The van der Waals surface area contributed by atoms with Crippen LogP contribution in [-0.2, 0) is 6.18 Å². The van der Waals surface area contributed by atoms with Gasteiger partial charge in [0.2, 0.25) is 0 Å². The topological polar surface area (TPSA) is 3.24 Å². The third-order valence-corrected chi connectivity index (χ3v) is 3.10. The Bertz CT molecular complexity index is 366. The van der Waals surface area contributed by atoms with Crippen LogP contribution in [0, 0.1) is 0 Å². The molecular weight excluding hydrogens is 251 g/mol. The van der Waals surface area contributed by atoms with Gasteiger partial charge < -0.3 is 4.90 Å². The molecule has 1 aromatic carbocycles. The molecule has 1 rings (SSSR count). The lowest BCUT2D eigenvalue weighted by molar-refractivity contribution is -0.137. The Morgan fingerprint density at radius 1 is 1.00 bits per heavy atom. The molecular formula is C15H22F3N. The van der Waals surface area contributed by atoms with Crippen molar-refractivity contribution in [3.63, 3.8) is 0 Å². The summed E-state index contributed by atoms with van der Waals surface area (Å²) in [5.74, 6) is 0. The number of alkyl halides is 3. The second-order valence-corrected chi connectivity index (χ2v) is 4.74. The minimum Gasteiger partial charge on any atom is -0.372 e. The minimum atomic E-state index is -4.27. The van der Waals surface area contributed by atoms with Gasteiger partial charge in [0.05, 0.1) is 5.56 Å². The maximum atomic E-state index is 12.7. The van der Waals surface area contributed by atoms with Crippen LogP contribution in [0.4, 0.5) is 18.9 Å². The SMILES string of the molecule is CCCCN(CCCC)c1cccc(C(F)(F)F)c1. The number of unbranched alkanes of at least 4 members (excludes halogenated alkanes) is 2. The summed E-state index contributed by atoms with van der Waals surface area (Å²) in [7, 11) is 0. The van der Waals surface area contributed by atoms with Crippen LogP contribution < -0.4 is 4.90 Å². The summed E-state index contributed by atoms with van der Waals surface area (Å²) in [6.45, 7) is 5.81. The number of anilines is 1. The van der Waals surface area contributed by atoms with E-state index < -0.39 is 11.7 Å². The molecule has 0 aliphatic rings. The molecule has 0 N–H and O–H groups in total. The van der Waals surface area contributed by atoms with Crippen molar-refractivity contribution in [2.75, 3.05) is 18.0 Å². The van der Waals surface area contributed by atoms with Gasteiger partial charge in [-0.05, 0) is 31.0 Å². The maximum Gasteiger partial charge on any atom is 0.416 e. The molecule has 0 amide bonds. The van der Waals surface area contributed by atoms with Crippen LogP contribution in [-0.4, -0.2) is 13.1 Å². The van der Waals surface area contributed by atoms with Crippen LogP contribution in [0.1, 0.15) is 45.1 Å². The average Bonchev–Trinajstić information content (AvgIpc) is 2.38. The van der Waals surface area contributed by atoms with Crippen molar-refractivity contribution in [3.05, 3.63) is 29.8 Å². The summed E-state index contributed by atoms with van der Waals surface area (Å²) in [5.41, 5.74) is 0.111. The van der Waals surface area contributed by atoms with Crippen molar-refractivity contribution in [3.8, 4) is 0 Å². The standard InChI is InChI=1S/C15H22F3N/c1-3-5-10-19(11-6-4-2)14-9-7-8-13(12-14)15(16,17)18/h7-9,12H,3-6,10-11H2,1-2H3. The number of nitrogens with zero attached hydrogens (tertiary/aromatic N) is 1. The largest absolute Gasteiger partial charge is 0.416 e. The third-order valence-electron chi connectivity index (χ3n) is 3.10. The number of rotatable bonds is 7. The van der Waals surface area contributed by atoms with Crippen LogP contribution in [0.5, 0.6) is 0 Å². The van der Waals surface area contributed by atoms with E-state index in [1.807, 2.05) is 0 Å². The average molecular weight is 273 g/mol. The van der Waals surface area contributed by atoms with Crippen molar-refractivity contribution in [2.45, 2.75) is 45.7 Å². The predicted molar refractivity (Wildman–Crippen MR) is 73.5 cm³/mol. The normalized spacial score (nSPS) is 11.6. The Morgan fingerprint density at radius 3 is 2.05 bits per heavy atom. The lowest BCUT2D eigenvalue weighted by Crippen LogP contribution is -2.25. The van der Waals surface area contributed by atoms with Gasteiger partial charge >= 0.3 is 6.18 Å². The summed E-state index contributed by atoms with van der Waals surface area (Å²) in [6.07, 6.45) is -0.180. The zero-order valence-electron chi connectivity index (χ0n) is 11.6. The molecule has 1 nitrogen and oxygen atoms in total. The fourth-order valence-corrected chi connectivity index (χ4v) is 1.95. The fourth-order valence-electron chi connectivity index (χ4n) is 1.95. The molecule has 0 aromatic heterocycles. The zero-order valence-corrected chi connectivity index (χ0v) is 11.6. The number of halogens is 3. The molecule has 0 radical (unpaired) electrons. The minimum absolute atomic E-state index is 0.567. The molecule has 19 heavy (non-hydrogen) atoms. The van der Waals surface area contributed by atoms with Crippen LogP contribution in [0.15, 0.2) is 24.3 Å². The summed E-state index contributed by atoms with van der Waals surface area (Å²) in [6, 6.07) is 5.64. The highest BCUT2D eigenvalue weighted by atomic mass is 19.4. The van der Waals surface area contributed by atoms with E-state index in [1.54, 1.807) is 6.07 Å². The molecule has 108 valence electrons. The Kier molecular flexibility index (Phi) is 6.19. The van der Waals surface area contributed by atoms with Gasteiger partial charge in [0.25, 0.3) is 0 Å². The Labute approximate surface area is 113 Å². The van der Waals surface area contributed by atoms with Gasteiger partial charge in [-0.15, -0.1) is 0 Å². The molecule has 0 spiro atoms. The number of hydrogen-bond donors (Lipinski definition) is 0.